The summed E-state index contributed by atoms with van der Waals surface area (Å²) >= 11 is 0. The molecule has 0 aromatic carbocycles. The van der Waals surface area contributed by atoms with Gasteiger partial charge in [0, 0.05) is 23.7 Å². The molecular formula is C16H25N3O3S. The number of likely N-dealkylation sites (tertiary alicyclic amines) is 1. The summed E-state index contributed by atoms with van der Waals surface area (Å²) in [5.74, 6) is 0.277. The van der Waals surface area contributed by atoms with Gasteiger partial charge in [0.2, 0.25) is 10.0 Å². The monoisotopic (exact) mass is 339 g/mol. The minimum atomic E-state index is -3.84. The molecule has 1 amide bonds. The average molecular weight is 339 g/mol. The minimum Gasteiger partial charge on any atom is -0.353 e. The fraction of sp³-hybridized carbons (Fsp3) is 0.688. The molecule has 0 bridgehead atoms. The van der Waals surface area contributed by atoms with E-state index in [0.29, 0.717) is 28.3 Å². The molecule has 2 aliphatic rings. The number of primary sulfonamides is 1. The second kappa shape index (κ2) is 5.08. The van der Waals surface area contributed by atoms with Crippen LogP contribution in [0.5, 0.6) is 0 Å². The summed E-state index contributed by atoms with van der Waals surface area (Å²) in [7, 11) is -3.84. The Labute approximate surface area is 137 Å². The van der Waals surface area contributed by atoms with Crippen molar-refractivity contribution in [3.8, 4) is 0 Å². The average Bonchev–Trinajstić information content (AvgIpc) is 2.59. The topological polar surface area (TPSA) is 96.3 Å². The maximum absolute atomic E-state index is 12.9. The van der Waals surface area contributed by atoms with Gasteiger partial charge in [0.1, 0.15) is 10.6 Å². The van der Waals surface area contributed by atoms with Gasteiger partial charge in [-0.15, -0.1) is 0 Å². The van der Waals surface area contributed by atoms with Crippen molar-refractivity contribution in [2.75, 3.05) is 6.54 Å². The third-order valence-electron chi connectivity index (χ3n) is 5.56. The Morgan fingerprint density at radius 2 is 1.96 bits per heavy atom. The summed E-state index contributed by atoms with van der Waals surface area (Å²) < 4.78 is 23.5. The quantitative estimate of drug-likeness (QED) is 0.880. The van der Waals surface area contributed by atoms with Crippen LogP contribution in [0, 0.1) is 25.2 Å². The molecule has 1 aliphatic carbocycles. The number of rotatable bonds is 3. The molecule has 1 atom stereocenters. The summed E-state index contributed by atoms with van der Waals surface area (Å²) in [5, 5.41) is 5.27. The second-order valence-corrected chi connectivity index (χ2v) is 8.96. The molecule has 1 spiro atoms. The molecule has 1 aliphatic heterocycles. The third kappa shape index (κ3) is 2.32. The van der Waals surface area contributed by atoms with Gasteiger partial charge in [-0.25, -0.2) is 13.6 Å². The van der Waals surface area contributed by atoms with Crippen LogP contribution in [-0.4, -0.2) is 36.8 Å². The first-order valence-corrected chi connectivity index (χ1v) is 9.66. The number of nitrogens with two attached hydrogens (primary N) is 1. The Balaban J connectivity index is 1.93. The smallest absolute Gasteiger partial charge is 0.270 e. The van der Waals surface area contributed by atoms with E-state index < -0.39 is 10.0 Å². The number of carbonyl (C=O) groups excluding carboxylic acids is 1. The van der Waals surface area contributed by atoms with Gasteiger partial charge in [0.05, 0.1) is 0 Å². The van der Waals surface area contributed by atoms with E-state index in [0.717, 1.165) is 6.54 Å². The first-order chi connectivity index (χ1) is 10.6. The van der Waals surface area contributed by atoms with Gasteiger partial charge in [0.15, 0.2) is 0 Å². The highest BCUT2D eigenvalue weighted by atomic mass is 32.2. The summed E-state index contributed by atoms with van der Waals surface area (Å²) in [5.41, 5.74) is 1.49. The van der Waals surface area contributed by atoms with Crippen molar-refractivity contribution >= 4 is 15.9 Å². The van der Waals surface area contributed by atoms with E-state index in [1.54, 1.807) is 13.8 Å². The Kier molecular flexibility index (Phi) is 3.65. The van der Waals surface area contributed by atoms with E-state index in [9.17, 15) is 13.2 Å². The third-order valence-corrected chi connectivity index (χ3v) is 6.74. The molecule has 2 fully saturated rings. The van der Waals surface area contributed by atoms with Crippen molar-refractivity contribution < 1.29 is 13.2 Å². The molecule has 6 nitrogen and oxygen atoms in total. The number of hydrogen-bond donors (Lipinski definition) is 2. The minimum absolute atomic E-state index is 0.0424. The lowest BCUT2D eigenvalue weighted by atomic mass is 9.55. The lowest BCUT2D eigenvalue weighted by molar-refractivity contribution is -0.121. The predicted octanol–water partition coefficient (Wildman–Crippen LogP) is 1.93. The van der Waals surface area contributed by atoms with Crippen molar-refractivity contribution in [1.82, 2.24) is 9.88 Å². The fourth-order valence-electron chi connectivity index (χ4n) is 4.62. The molecule has 1 unspecified atom stereocenters. The highest BCUT2D eigenvalue weighted by Crippen LogP contribution is 2.55. The van der Waals surface area contributed by atoms with Crippen LogP contribution in [0.4, 0.5) is 0 Å². The Bertz CT molecular complexity index is 760. The van der Waals surface area contributed by atoms with Crippen molar-refractivity contribution in [3.05, 3.63) is 17.0 Å². The number of nitrogens with zero attached hydrogens (tertiary/aromatic N) is 1. The highest BCUT2D eigenvalue weighted by Gasteiger charge is 2.58. The van der Waals surface area contributed by atoms with E-state index >= 15 is 0 Å². The normalized spacial score (nSPS) is 23.0. The first-order valence-electron chi connectivity index (χ1n) is 8.11. The number of H-pyrrole nitrogens is 1. The molecule has 2 heterocycles. The van der Waals surface area contributed by atoms with E-state index in [2.05, 4.69) is 18.8 Å². The predicted molar refractivity (Wildman–Crippen MR) is 87.6 cm³/mol. The molecule has 1 aromatic heterocycles. The fourth-order valence-corrected chi connectivity index (χ4v) is 5.62. The highest BCUT2D eigenvalue weighted by molar-refractivity contribution is 7.89. The summed E-state index contributed by atoms with van der Waals surface area (Å²) in [4.78, 5) is 17.8. The number of carbonyl (C=O) groups is 1. The van der Waals surface area contributed by atoms with E-state index in [1.165, 1.54) is 19.3 Å². The largest absolute Gasteiger partial charge is 0.353 e. The number of aryl methyl sites for hydroxylation is 1. The van der Waals surface area contributed by atoms with E-state index in [4.69, 9.17) is 5.14 Å². The van der Waals surface area contributed by atoms with Gasteiger partial charge < -0.3 is 9.88 Å². The van der Waals surface area contributed by atoms with Crippen LogP contribution in [0.15, 0.2) is 4.90 Å². The zero-order chi connectivity index (χ0) is 17.2. The zero-order valence-corrected chi connectivity index (χ0v) is 15.0. The molecule has 1 saturated heterocycles. The molecule has 1 aromatic rings. The van der Waals surface area contributed by atoms with Crippen molar-refractivity contribution in [3.63, 3.8) is 0 Å². The van der Waals surface area contributed by atoms with Crippen LogP contribution < -0.4 is 5.14 Å². The van der Waals surface area contributed by atoms with Crippen molar-refractivity contribution in [2.45, 2.75) is 57.9 Å². The second-order valence-electron chi connectivity index (χ2n) is 7.46. The van der Waals surface area contributed by atoms with Gasteiger partial charge in [-0.3, -0.25) is 4.79 Å². The Morgan fingerprint density at radius 1 is 1.35 bits per heavy atom. The number of nitrogens with one attached hydrogen (secondary N) is 1. The van der Waals surface area contributed by atoms with E-state index in [-0.39, 0.29) is 16.8 Å². The molecule has 7 heteroatoms. The van der Waals surface area contributed by atoms with Gasteiger partial charge in [-0.2, -0.15) is 0 Å². The first kappa shape index (κ1) is 16.5. The number of aromatic amines is 1. The summed E-state index contributed by atoms with van der Waals surface area (Å²) in [6, 6.07) is 0.240. The van der Waals surface area contributed by atoms with Crippen LogP contribution in [0.2, 0.25) is 0 Å². The maximum atomic E-state index is 12.9. The molecule has 3 rings (SSSR count). The van der Waals surface area contributed by atoms with Gasteiger partial charge in [0.25, 0.3) is 5.91 Å². The molecule has 0 radical (unpaired) electrons. The van der Waals surface area contributed by atoms with Crippen molar-refractivity contribution in [1.29, 1.82) is 0 Å². The van der Waals surface area contributed by atoms with Crippen LogP contribution in [-0.2, 0) is 10.0 Å². The number of hydrogen-bond acceptors (Lipinski definition) is 3. The van der Waals surface area contributed by atoms with Crippen LogP contribution in [0.1, 0.15) is 54.9 Å². The number of aromatic nitrogens is 1. The maximum Gasteiger partial charge on any atom is 0.270 e. The lowest BCUT2D eigenvalue weighted by Gasteiger charge is -2.64. The lowest BCUT2D eigenvalue weighted by Crippen LogP contribution is -2.70. The number of sulfonamides is 1. The van der Waals surface area contributed by atoms with E-state index in [1.807, 2.05) is 4.90 Å². The molecule has 128 valence electrons. The summed E-state index contributed by atoms with van der Waals surface area (Å²) in [6.45, 7) is 8.34. The number of amides is 1. The Hall–Kier alpha value is -1.34. The van der Waals surface area contributed by atoms with Crippen LogP contribution >= 0.6 is 0 Å². The van der Waals surface area contributed by atoms with Crippen LogP contribution in [0.25, 0.3) is 0 Å². The van der Waals surface area contributed by atoms with Crippen LogP contribution in [0.3, 0.4) is 0 Å². The van der Waals surface area contributed by atoms with Gasteiger partial charge in [-0.05, 0) is 38.2 Å². The molecule has 3 N–H and O–H groups in total. The standard InChI is InChI=1S/C16H25N3O3S/c1-9(2)14-16(6-5-7-16)8-19(14)15(20)12-10(3)13(11(4)18-12)23(17,21)22/h9,14,18H,5-8H2,1-4H3,(H2,17,21,22). The molecule has 1 saturated carbocycles. The Morgan fingerprint density at radius 3 is 2.35 bits per heavy atom. The molecule has 23 heavy (non-hydrogen) atoms. The van der Waals surface area contributed by atoms with Gasteiger partial charge >= 0.3 is 0 Å². The van der Waals surface area contributed by atoms with Gasteiger partial charge in [-0.1, -0.05) is 20.3 Å². The summed E-state index contributed by atoms with van der Waals surface area (Å²) in [6.07, 6.45) is 3.61. The SMILES string of the molecule is Cc1[nH]c(C(=O)N2CC3(CCC3)C2C(C)C)c(C)c1S(N)(=O)=O. The van der Waals surface area contributed by atoms with Crippen molar-refractivity contribution in [2.24, 2.45) is 16.5 Å². The molecular weight excluding hydrogens is 314 g/mol. The zero-order valence-electron chi connectivity index (χ0n) is 14.1.